The lowest BCUT2D eigenvalue weighted by atomic mass is 9.91. The summed E-state index contributed by atoms with van der Waals surface area (Å²) < 4.78 is 30.6. The number of nitrogens with one attached hydrogen (secondary N) is 2. The monoisotopic (exact) mass is 573 g/mol. The molecule has 0 saturated heterocycles. The van der Waals surface area contributed by atoms with Crippen molar-refractivity contribution in [3.8, 4) is 11.1 Å². The van der Waals surface area contributed by atoms with E-state index in [4.69, 9.17) is 11.6 Å². The van der Waals surface area contributed by atoms with Gasteiger partial charge in [0.25, 0.3) is 5.56 Å². The van der Waals surface area contributed by atoms with E-state index in [0.717, 1.165) is 16.0 Å². The Balaban J connectivity index is 1.52. The van der Waals surface area contributed by atoms with Crippen molar-refractivity contribution in [2.45, 2.75) is 31.7 Å². The zero-order valence-electron chi connectivity index (χ0n) is 21.6. The third-order valence-electron chi connectivity index (χ3n) is 7.01. The van der Waals surface area contributed by atoms with Gasteiger partial charge in [0.1, 0.15) is 0 Å². The van der Waals surface area contributed by atoms with Gasteiger partial charge in [-0.3, -0.25) is 9.59 Å². The molecule has 0 fully saturated rings. The van der Waals surface area contributed by atoms with Gasteiger partial charge in [-0.25, -0.2) is 5.01 Å². The summed E-state index contributed by atoms with van der Waals surface area (Å²) in [7, 11) is 0. The fourth-order valence-electron chi connectivity index (χ4n) is 5.03. The first-order chi connectivity index (χ1) is 19.7. The third kappa shape index (κ3) is 5.00. The van der Waals surface area contributed by atoms with Crippen LogP contribution in [0, 0.1) is 6.92 Å². The highest BCUT2D eigenvalue weighted by Crippen LogP contribution is 2.39. The molecule has 9 nitrogen and oxygen atoms in total. The van der Waals surface area contributed by atoms with Crippen LogP contribution in [0.15, 0.2) is 82.7 Å². The van der Waals surface area contributed by atoms with Crippen LogP contribution in [0.25, 0.3) is 22.0 Å². The molecule has 2 N–H and O–H groups in total. The van der Waals surface area contributed by atoms with E-state index in [2.05, 4.69) is 30.7 Å². The number of aromatic nitrogens is 5. The molecule has 1 aliphatic rings. The second kappa shape index (κ2) is 10.3. The Bertz CT molecular complexity index is 1840. The Morgan fingerprint density at radius 1 is 1.05 bits per heavy atom. The molecule has 6 rings (SSSR count). The van der Waals surface area contributed by atoms with Crippen molar-refractivity contribution >= 4 is 34.1 Å². The maximum absolute atomic E-state index is 15.3. The van der Waals surface area contributed by atoms with E-state index < -0.39 is 29.9 Å². The lowest BCUT2D eigenvalue weighted by Gasteiger charge is -2.25. The number of hydrogen-bond acceptors (Lipinski definition) is 6. The summed E-state index contributed by atoms with van der Waals surface area (Å²) in [5.74, 6) is -5.73. The van der Waals surface area contributed by atoms with E-state index in [0.29, 0.717) is 27.2 Å². The van der Waals surface area contributed by atoms with Crippen molar-refractivity contribution in [3.63, 3.8) is 0 Å². The molecule has 3 aromatic carbocycles. The standard InChI is InChI=1S/C29H22ClF2N7O2/c1-16-6-8-17(9-7-16)23-14-22(36-39(23)28(41)29(31,32)15-24-34-37-38-35-24)26-25(18-10-12-19(30)13-11-18)20-4-2-3-5-21(20)33-27(26)40/h2-13,23H,14-15H2,1H3,(H,33,40)(H,34,35,37,38)/t23-/m0/s1. The predicted octanol–water partition coefficient (Wildman–Crippen LogP) is 5.23. The van der Waals surface area contributed by atoms with Gasteiger partial charge in [-0.05, 0) is 36.2 Å². The van der Waals surface area contributed by atoms with Gasteiger partial charge in [-0.1, -0.05) is 77.0 Å². The summed E-state index contributed by atoms with van der Waals surface area (Å²) in [5, 5.41) is 19.0. The van der Waals surface area contributed by atoms with Crippen LogP contribution in [0.1, 0.15) is 35.0 Å². The van der Waals surface area contributed by atoms with Gasteiger partial charge < -0.3 is 4.98 Å². The molecule has 0 radical (unpaired) electrons. The first-order valence-corrected chi connectivity index (χ1v) is 13.1. The summed E-state index contributed by atoms with van der Waals surface area (Å²) in [6, 6.07) is 20.6. The number of rotatable bonds is 6. The van der Waals surface area contributed by atoms with Crippen LogP contribution in [-0.4, -0.2) is 48.2 Å². The Morgan fingerprint density at radius 2 is 1.78 bits per heavy atom. The topological polar surface area (TPSA) is 120 Å². The minimum atomic E-state index is -3.89. The number of H-pyrrole nitrogens is 2. The average Bonchev–Trinajstić information content (AvgIpc) is 3.63. The molecule has 2 aromatic heterocycles. The molecule has 1 amide bonds. The second-order valence-corrected chi connectivity index (χ2v) is 10.2. The molecule has 5 aromatic rings. The zero-order chi connectivity index (χ0) is 28.7. The lowest BCUT2D eigenvalue weighted by Crippen LogP contribution is -2.42. The molecule has 41 heavy (non-hydrogen) atoms. The molecule has 0 spiro atoms. The van der Waals surface area contributed by atoms with E-state index in [1.807, 2.05) is 31.2 Å². The first-order valence-electron chi connectivity index (χ1n) is 12.7. The van der Waals surface area contributed by atoms with Crippen LogP contribution in [0.2, 0.25) is 5.02 Å². The number of amides is 1. The predicted molar refractivity (Wildman–Crippen MR) is 150 cm³/mol. The van der Waals surface area contributed by atoms with Crippen LogP contribution in [0.4, 0.5) is 8.78 Å². The van der Waals surface area contributed by atoms with E-state index >= 15 is 8.78 Å². The Morgan fingerprint density at radius 3 is 2.49 bits per heavy atom. The second-order valence-electron chi connectivity index (χ2n) is 9.79. The number of aromatic amines is 2. The number of aryl methyl sites for hydroxylation is 1. The minimum absolute atomic E-state index is 0.0368. The molecular weight excluding hydrogens is 552 g/mol. The fourth-order valence-corrected chi connectivity index (χ4v) is 5.16. The van der Waals surface area contributed by atoms with Gasteiger partial charge in [-0.2, -0.15) is 19.1 Å². The van der Waals surface area contributed by atoms with E-state index in [1.165, 1.54) is 0 Å². The fraction of sp³-hybridized carbons (Fsp3) is 0.172. The summed E-state index contributed by atoms with van der Waals surface area (Å²) >= 11 is 6.14. The molecule has 1 atom stereocenters. The molecule has 0 bridgehead atoms. The van der Waals surface area contributed by atoms with Gasteiger partial charge in [-0.15, -0.1) is 10.2 Å². The highest BCUT2D eigenvalue weighted by Gasteiger charge is 2.48. The van der Waals surface area contributed by atoms with Crippen LogP contribution in [-0.2, 0) is 11.2 Å². The number of benzene rings is 3. The van der Waals surface area contributed by atoms with Crippen molar-refractivity contribution in [1.82, 2.24) is 30.6 Å². The number of para-hydroxylation sites is 1. The first kappa shape index (κ1) is 26.5. The molecule has 206 valence electrons. The van der Waals surface area contributed by atoms with E-state index in [-0.39, 0.29) is 23.5 Å². The van der Waals surface area contributed by atoms with Crippen LogP contribution in [0.3, 0.4) is 0 Å². The summed E-state index contributed by atoms with van der Waals surface area (Å²) in [6.07, 6.45) is -1.02. The Hall–Kier alpha value is -4.77. The van der Waals surface area contributed by atoms with Gasteiger partial charge in [0.15, 0.2) is 5.82 Å². The van der Waals surface area contributed by atoms with E-state index in [1.54, 1.807) is 48.5 Å². The molecular formula is C29H22ClF2N7O2. The molecule has 0 aliphatic carbocycles. The number of nitrogens with zero attached hydrogens (tertiary/aromatic N) is 5. The molecule has 0 saturated carbocycles. The smallest absolute Gasteiger partial charge is 0.321 e. The number of carbonyl (C=O) groups excluding carboxylic acids is 1. The lowest BCUT2D eigenvalue weighted by molar-refractivity contribution is -0.159. The highest BCUT2D eigenvalue weighted by atomic mass is 35.5. The molecule has 3 heterocycles. The SMILES string of the molecule is Cc1ccc([C@@H]2CC(c3c(-c4ccc(Cl)cc4)c4ccccc4[nH]c3=O)=NN2C(=O)C(F)(F)Cc2nn[nH]n2)cc1. The van der Waals surface area contributed by atoms with Gasteiger partial charge in [0.05, 0.1) is 23.7 Å². The van der Waals surface area contributed by atoms with E-state index in [9.17, 15) is 9.59 Å². The average molecular weight is 574 g/mol. The summed E-state index contributed by atoms with van der Waals surface area (Å²) in [4.78, 5) is 29.9. The largest absolute Gasteiger partial charge is 0.333 e. The third-order valence-corrected chi connectivity index (χ3v) is 7.26. The number of tetrazole rings is 1. The summed E-state index contributed by atoms with van der Waals surface area (Å²) in [5.41, 5.74) is 3.36. The molecule has 0 unspecified atom stereocenters. The summed E-state index contributed by atoms with van der Waals surface area (Å²) in [6.45, 7) is 1.90. The zero-order valence-corrected chi connectivity index (χ0v) is 22.4. The van der Waals surface area contributed by atoms with Gasteiger partial charge in [0, 0.05) is 27.9 Å². The van der Waals surface area contributed by atoms with Crippen molar-refractivity contribution in [1.29, 1.82) is 0 Å². The quantitative estimate of drug-likeness (QED) is 0.288. The van der Waals surface area contributed by atoms with Crippen LogP contribution in [0.5, 0.6) is 0 Å². The molecule has 12 heteroatoms. The minimum Gasteiger partial charge on any atom is -0.321 e. The highest BCUT2D eigenvalue weighted by molar-refractivity contribution is 6.30. The maximum Gasteiger partial charge on any atom is 0.333 e. The number of carbonyl (C=O) groups is 1. The number of hydrazone groups is 1. The van der Waals surface area contributed by atoms with Crippen molar-refractivity contribution in [2.75, 3.05) is 0 Å². The number of halogens is 3. The Kier molecular flexibility index (Phi) is 6.66. The number of fused-ring (bicyclic) bond motifs is 1. The number of pyridine rings is 1. The van der Waals surface area contributed by atoms with Crippen molar-refractivity contribution in [3.05, 3.63) is 111 Å². The maximum atomic E-state index is 15.3. The van der Waals surface area contributed by atoms with Gasteiger partial charge >= 0.3 is 11.8 Å². The normalized spacial score (nSPS) is 15.4. The van der Waals surface area contributed by atoms with Crippen molar-refractivity contribution in [2.24, 2.45) is 5.10 Å². The van der Waals surface area contributed by atoms with Crippen LogP contribution >= 0.6 is 11.6 Å². The Labute approximate surface area is 236 Å². The van der Waals surface area contributed by atoms with Crippen molar-refractivity contribution < 1.29 is 13.6 Å². The number of alkyl halides is 2. The van der Waals surface area contributed by atoms with Crippen LogP contribution < -0.4 is 5.56 Å². The molecule has 1 aliphatic heterocycles. The number of hydrogen-bond donors (Lipinski definition) is 2. The van der Waals surface area contributed by atoms with Gasteiger partial charge in [0.2, 0.25) is 0 Å².